The molecule has 0 saturated heterocycles. The number of ether oxygens (including phenoxy) is 1. The van der Waals surface area contributed by atoms with E-state index in [2.05, 4.69) is 29.8 Å². The maximum Gasteiger partial charge on any atom is 0.156 e. The molecule has 0 saturated carbocycles. The van der Waals surface area contributed by atoms with Crippen LogP contribution in [0.2, 0.25) is 0 Å². The second kappa shape index (κ2) is 6.48. The van der Waals surface area contributed by atoms with Gasteiger partial charge in [-0.05, 0) is 19.1 Å². The third-order valence-corrected chi connectivity index (χ3v) is 3.39. The van der Waals surface area contributed by atoms with E-state index < -0.39 is 0 Å². The Morgan fingerprint density at radius 3 is 3.05 bits per heavy atom. The summed E-state index contributed by atoms with van der Waals surface area (Å²) in [5.41, 5.74) is 3.62. The molecule has 0 fully saturated rings. The van der Waals surface area contributed by atoms with Crippen LogP contribution in [0.3, 0.4) is 0 Å². The van der Waals surface area contributed by atoms with Gasteiger partial charge in [-0.15, -0.1) is 0 Å². The summed E-state index contributed by atoms with van der Waals surface area (Å²) in [5.74, 6) is 0.730. The van der Waals surface area contributed by atoms with Gasteiger partial charge in [-0.2, -0.15) is 0 Å². The lowest BCUT2D eigenvalue weighted by Crippen LogP contribution is -2.11. The minimum absolute atomic E-state index is 0.617. The monoisotopic (exact) mass is 298 g/mol. The first-order chi connectivity index (χ1) is 10.8. The highest BCUT2D eigenvalue weighted by Gasteiger charge is 2.07. The molecule has 3 heterocycles. The molecule has 3 aromatic rings. The summed E-state index contributed by atoms with van der Waals surface area (Å²) in [6.45, 7) is 4.00. The van der Waals surface area contributed by atoms with E-state index in [1.807, 2.05) is 25.3 Å². The molecule has 7 heteroatoms. The van der Waals surface area contributed by atoms with E-state index in [1.165, 1.54) is 0 Å². The highest BCUT2D eigenvalue weighted by Crippen LogP contribution is 2.17. The van der Waals surface area contributed by atoms with Crippen LogP contribution >= 0.6 is 0 Å². The fourth-order valence-corrected chi connectivity index (χ4v) is 2.23. The Bertz CT molecular complexity index is 770. The molecule has 22 heavy (non-hydrogen) atoms. The zero-order chi connectivity index (χ0) is 15.4. The van der Waals surface area contributed by atoms with Crippen molar-refractivity contribution >= 4 is 16.9 Å². The summed E-state index contributed by atoms with van der Waals surface area (Å²) in [4.78, 5) is 17.2. The van der Waals surface area contributed by atoms with E-state index >= 15 is 0 Å². The average molecular weight is 298 g/mol. The number of pyridine rings is 1. The zero-order valence-electron chi connectivity index (χ0n) is 12.7. The fourth-order valence-electron chi connectivity index (χ4n) is 2.23. The van der Waals surface area contributed by atoms with Crippen LogP contribution < -0.4 is 5.32 Å². The van der Waals surface area contributed by atoms with Crippen molar-refractivity contribution in [3.63, 3.8) is 0 Å². The molecule has 1 N–H and O–H groups in total. The second-order valence-corrected chi connectivity index (χ2v) is 4.97. The third-order valence-electron chi connectivity index (χ3n) is 3.39. The van der Waals surface area contributed by atoms with Gasteiger partial charge in [0.05, 0.1) is 30.7 Å². The number of fused-ring (bicyclic) bond motifs is 1. The van der Waals surface area contributed by atoms with Crippen molar-refractivity contribution in [2.24, 2.45) is 0 Å². The molecule has 114 valence electrons. The van der Waals surface area contributed by atoms with Gasteiger partial charge in [0.2, 0.25) is 0 Å². The molecular weight excluding hydrogens is 280 g/mol. The lowest BCUT2D eigenvalue weighted by Gasteiger charge is -2.10. The van der Waals surface area contributed by atoms with Gasteiger partial charge in [-0.1, -0.05) is 0 Å². The van der Waals surface area contributed by atoms with Crippen molar-refractivity contribution in [2.45, 2.75) is 20.0 Å². The van der Waals surface area contributed by atoms with Gasteiger partial charge >= 0.3 is 0 Å². The molecular formula is C15H18N6O. The number of nitrogens with one attached hydrogen (secondary N) is 1. The van der Waals surface area contributed by atoms with Gasteiger partial charge in [-0.25, -0.2) is 19.9 Å². The summed E-state index contributed by atoms with van der Waals surface area (Å²) < 4.78 is 7.16. The summed E-state index contributed by atoms with van der Waals surface area (Å²) in [5, 5.41) is 3.32. The lowest BCUT2D eigenvalue weighted by atomic mass is 10.3. The predicted octanol–water partition coefficient (Wildman–Crippen LogP) is 1.79. The standard InChI is InChI=1S/C15H18N6O/c1-11-3-4-13-14(20-11)15(19-9-18-13)17-8-12-7-16-10-21(12)5-6-22-2/h3-4,7,9-10H,5-6,8H2,1-2H3,(H,17,18,19). The molecule has 0 bridgehead atoms. The quantitative estimate of drug-likeness (QED) is 0.747. The van der Waals surface area contributed by atoms with Gasteiger partial charge in [0, 0.05) is 25.5 Å². The Morgan fingerprint density at radius 2 is 2.18 bits per heavy atom. The van der Waals surface area contributed by atoms with Crippen molar-refractivity contribution in [3.05, 3.63) is 42.4 Å². The minimum Gasteiger partial charge on any atom is -0.383 e. The van der Waals surface area contributed by atoms with E-state index in [9.17, 15) is 0 Å². The Labute approximate surface area is 128 Å². The van der Waals surface area contributed by atoms with Crippen molar-refractivity contribution < 1.29 is 4.74 Å². The van der Waals surface area contributed by atoms with Gasteiger partial charge in [0.1, 0.15) is 11.8 Å². The van der Waals surface area contributed by atoms with Crippen molar-refractivity contribution in [1.82, 2.24) is 24.5 Å². The number of hydrogen-bond acceptors (Lipinski definition) is 6. The topological polar surface area (TPSA) is 77.8 Å². The molecule has 0 aliphatic carbocycles. The largest absolute Gasteiger partial charge is 0.383 e. The predicted molar refractivity (Wildman–Crippen MR) is 83.5 cm³/mol. The molecule has 0 aromatic carbocycles. The van der Waals surface area contributed by atoms with Gasteiger partial charge in [0.15, 0.2) is 5.82 Å². The molecule has 0 aliphatic rings. The van der Waals surface area contributed by atoms with E-state index in [0.29, 0.717) is 13.2 Å². The molecule has 0 spiro atoms. The van der Waals surface area contributed by atoms with Gasteiger partial charge < -0.3 is 14.6 Å². The SMILES string of the molecule is COCCn1cncc1CNc1ncnc2ccc(C)nc12. The van der Waals surface area contributed by atoms with Crippen LogP contribution in [0.15, 0.2) is 31.0 Å². The first-order valence-corrected chi connectivity index (χ1v) is 7.08. The van der Waals surface area contributed by atoms with Crippen LogP contribution in [0.25, 0.3) is 11.0 Å². The van der Waals surface area contributed by atoms with Crippen molar-refractivity contribution in [1.29, 1.82) is 0 Å². The highest BCUT2D eigenvalue weighted by atomic mass is 16.5. The first-order valence-electron chi connectivity index (χ1n) is 7.08. The molecule has 3 rings (SSSR count). The van der Waals surface area contributed by atoms with Crippen molar-refractivity contribution in [2.75, 3.05) is 19.0 Å². The minimum atomic E-state index is 0.617. The van der Waals surface area contributed by atoms with Crippen LogP contribution in [0.1, 0.15) is 11.4 Å². The average Bonchev–Trinajstić information content (AvgIpc) is 2.98. The number of imidazole rings is 1. The zero-order valence-corrected chi connectivity index (χ0v) is 12.7. The number of aryl methyl sites for hydroxylation is 1. The summed E-state index contributed by atoms with van der Waals surface area (Å²) in [6, 6.07) is 3.90. The second-order valence-electron chi connectivity index (χ2n) is 4.97. The molecule has 3 aromatic heterocycles. The Hall–Kier alpha value is -2.54. The number of hydrogen-bond donors (Lipinski definition) is 1. The van der Waals surface area contributed by atoms with E-state index in [0.717, 1.165) is 34.8 Å². The van der Waals surface area contributed by atoms with Crippen LogP contribution in [-0.4, -0.2) is 38.2 Å². The number of methoxy groups -OCH3 is 1. The molecule has 0 atom stereocenters. The fraction of sp³-hybridized carbons (Fsp3) is 0.333. The normalized spacial score (nSPS) is 11.0. The van der Waals surface area contributed by atoms with Crippen LogP contribution in [0.4, 0.5) is 5.82 Å². The van der Waals surface area contributed by atoms with Crippen LogP contribution in [-0.2, 0) is 17.8 Å². The summed E-state index contributed by atoms with van der Waals surface area (Å²) in [6.07, 6.45) is 5.19. The molecule has 0 aliphatic heterocycles. The highest BCUT2D eigenvalue weighted by molar-refractivity contribution is 5.84. The lowest BCUT2D eigenvalue weighted by molar-refractivity contribution is 0.186. The third kappa shape index (κ3) is 3.04. The Morgan fingerprint density at radius 1 is 1.27 bits per heavy atom. The molecule has 0 unspecified atom stereocenters. The number of rotatable bonds is 6. The maximum absolute atomic E-state index is 5.10. The Kier molecular flexibility index (Phi) is 4.24. The number of aromatic nitrogens is 5. The van der Waals surface area contributed by atoms with E-state index in [4.69, 9.17) is 4.74 Å². The first kappa shape index (κ1) is 14.4. The number of anilines is 1. The Balaban J connectivity index is 1.79. The van der Waals surface area contributed by atoms with Crippen LogP contribution in [0, 0.1) is 6.92 Å². The molecule has 0 radical (unpaired) electrons. The molecule has 0 amide bonds. The van der Waals surface area contributed by atoms with E-state index in [-0.39, 0.29) is 0 Å². The van der Waals surface area contributed by atoms with Crippen molar-refractivity contribution in [3.8, 4) is 0 Å². The van der Waals surface area contributed by atoms with E-state index in [1.54, 1.807) is 19.8 Å². The number of nitrogens with zero attached hydrogens (tertiary/aromatic N) is 5. The summed E-state index contributed by atoms with van der Waals surface area (Å²) >= 11 is 0. The molecule has 7 nitrogen and oxygen atoms in total. The summed E-state index contributed by atoms with van der Waals surface area (Å²) in [7, 11) is 1.69. The maximum atomic E-state index is 5.10. The van der Waals surface area contributed by atoms with Crippen LogP contribution in [0.5, 0.6) is 0 Å². The van der Waals surface area contributed by atoms with Gasteiger partial charge in [-0.3, -0.25) is 0 Å². The smallest absolute Gasteiger partial charge is 0.156 e. The van der Waals surface area contributed by atoms with Gasteiger partial charge in [0.25, 0.3) is 0 Å².